The van der Waals surface area contributed by atoms with Crippen molar-refractivity contribution in [2.24, 2.45) is 10.9 Å². The Hall–Kier alpha value is -2.68. The summed E-state index contributed by atoms with van der Waals surface area (Å²) in [4.78, 5) is 17.7. The molecule has 0 spiro atoms. The van der Waals surface area contributed by atoms with Crippen LogP contribution >= 0.6 is 35.4 Å². The number of rotatable bonds is 6. The number of para-hydroxylation sites is 1. The van der Waals surface area contributed by atoms with E-state index in [2.05, 4.69) is 25.8 Å². The lowest BCUT2D eigenvalue weighted by Gasteiger charge is -2.22. The Labute approximate surface area is 220 Å². The van der Waals surface area contributed by atoms with Crippen molar-refractivity contribution in [2.75, 3.05) is 7.11 Å². The maximum Gasteiger partial charge on any atom is 0.358 e. The SMILES string of the molecule is COc1ccc(Cl)cc1C(=O)N=c1sn(C(C)(C)C)cc1C(OC(=S)Oc1ccccc1)C(C)C. The van der Waals surface area contributed by atoms with E-state index in [0.717, 1.165) is 5.56 Å². The fraction of sp³-hybridized carbons (Fsp3) is 0.346. The predicted octanol–water partition coefficient (Wildman–Crippen LogP) is 6.79. The van der Waals surface area contributed by atoms with E-state index in [0.29, 0.717) is 21.2 Å². The van der Waals surface area contributed by atoms with Gasteiger partial charge in [-0.1, -0.05) is 43.6 Å². The summed E-state index contributed by atoms with van der Waals surface area (Å²) < 4.78 is 19.7. The van der Waals surface area contributed by atoms with E-state index < -0.39 is 12.0 Å². The second kappa shape index (κ2) is 11.4. The molecule has 35 heavy (non-hydrogen) atoms. The third-order valence-electron chi connectivity index (χ3n) is 5.02. The Morgan fingerprint density at radius 1 is 1.14 bits per heavy atom. The number of amides is 1. The molecule has 2 aromatic carbocycles. The summed E-state index contributed by atoms with van der Waals surface area (Å²) >= 11 is 12.9. The van der Waals surface area contributed by atoms with Crippen LogP contribution in [-0.4, -0.2) is 22.2 Å². The van der Waals surface area contributed by atoms with E-state index in [1.807, 2.05) is 42.2 Å². The van der Waals surface area contributed by atoms with Crippen LogP contribution in [0.1, 0.15) is 56.6 Å². The molecule has 3 aromatic rings. The summed E-state index contributed by atoms with van der Waals surface area (Å²) in [5, 5.41) is 0.421. The Balaban J connectivity index is 2.04. The number of hydrogen-bond acceptors (Lipinski definition) is 6. The molecule has 0 saturated carbocycles. The minimum absolute atomic E-state index is 0.00260. The van der Waals surface area contributed by atoms with Gasteiger partial charge in [-0.25, -0.2) is 0 Å². The van der Waals surface area contributed by atoms with Crippen molar-refractivity contribution in [1.82, 2.24) is 3.96 Å². The first-order valence-corrected chi connectivity index (χ1v) is 12.6. The highest BCUT2D eigenvalue weighted by atomic mass is 35.5. The minimum atomic E-state index is -0.487. The molecular formula is C26H29ClN2O4S2. The van der Waals surface area contributed by atoms with Gasteiger partial charge in [0.05, 0.1) is 12.7 Å². The Morgan fingerprint density at radius 3 is 2.43 bits per heavy atom. The van der Waals surface area contributed by atoms with Crippen molar-refractivity contribution in [3.63, 3.8) is 0 Å². The number of carbonyl (C=O) groups excluding carboxylic acids is 1. The van der Waals surface area contributed by atoms with Gasteiger partial charge in [0.25, 0.3) is 5.91 Å². The maximum absolute atomic E-state index is 13.2. The van der Waals surface area contributed by atoms with Crippen molar-refractivity contribution < 1.29 is 19.0 Å². The first-order valence-electron chi connectivity index (χ1n) is 11.1. The van der Waals surface area contributed by atoms with E-state index >= 15 is 0 Å². The third-order valence-corrected chi connectivity index (χ3v) is 6.79. The molecule has 0 N–H and O–H groups in total. The zero-order valence-electron chi connectivity index (χ0n) is 20.6. The Morgan fingerprint density at radius 2 is 1.83 bits per heavy atom. The van der Waals surface area contributed by atoms with E-state index in [-0.39, 0.29) is 22.3 Å². The number of methoxy groups -OCH3 is 1. The lowest BCUT2D eigenvalue weighted by atomic mass is 10.0. The van der Waals surface area contributed by atoms with E-state index in [4.69, 9.17) is 38.0 Å². The van der Waals surface area contributed by atoms with Gasteiger partial charge in [-0.15, -0.1) is 0 Å². The van der Waals surface area contributed by atoms with Crippen LogP contribution in [-0.2, 0) is 10.3 Å². The molecule has 0 aliphatic heterocycles. The molecule has 1 unspecified atom stereocenters. The van der Waals surface area contributed by atoms with Crippen LogP contribution in [0.25, 0.3) is 0 Å². The molecule has 1 heterocycles. The molecular weight excluding hydrogens is 504 g/mol. The molecule has 186 valence electrons. The van der Waals surface area contributed by atoms with Gasteiger partial charge in [-0.2, -0.15) is 4.99 Å². The molecule has 1 amide bonds. The summed E-state index contributed by atoms with van der Waals surface area (Å²) in [6.45, 7) is 10.3. The number of halogens is 1. The van der Waals surface area contributed by atoms with Crippen molar-refractivity contribution >= 4 is 46.5 Å². The standard InChI is InChI=1S/C26H29ClN2O4S2/c1-16(2)22(33-25(34)32-18-10-8-7-9-11-18)20-15-29(26(3,4)5)35-24(20)28-23(30)19-14-17(27)12-13-21(19)31-6/h7-16,22H,1-6H3. The van der Waals surface area contributed by atoms with Gasteiger partial charge in [-0.05, 0) is 68.6 Å². The van der Waals surface area contributed by atoms with Gasteiger partial charge >= 0.3 is 5.24 Å². The number of aromatic nitrogens is 1. The summed E-state index contributed by atoms with van der Waals surface area (Å²) in [6, 6.07) is 14.1. The summed E-state index contributed by atoms with van der Waals surface area (Å²) in [5.41, 5.74) is 0.798. The smallest absolute Gasteiger partial charge is 0.358 e. The first kappa shape index (κ1) is 26.9. The monoisotopic (exact) mass is 532 g/mol. The maximum atomic E-state index is 13.2. The number of hydrogen-bond donors (Lipinski definition) is 0. The largest absolute Gasteiger partial charge is 0.496 e. The number of benzene rings is 2. The molecule has 6 nitrogen and oxygen atoms in total. The van der Waals surface area contributed by atoms with Crippen molar-refractivity contribution in [3.05, 3.63) is 75.5 Å². The lowest BCUT2D eigenvalue weighted by molar-refractivity contribution is 0.0993. The summed E-state index contributed by atoms with van der Waals surface area (Å²) in [6.07, 6.45) is 1.47. The third kappa shape index (κ3) is 6.93. The molecule has 0 radical (unpaired) electrons. The molecule has 0 aliphatic carbocycles. The molecule has 9 heteroatoms. The van der Waals surface area contributed by atoms with Crippen molar-refractivity contribution in [2.45, 2.75) is 46.3 Å². The second-order valence-corrected chi connectivity index (χ2v) is 10.9. The quantitative estimate of drug-likeness (QED) is 0.327. The van der Waals surface area contributed by atoms with E-state index in [1.54, 1.807) is 30.3 Å². The zero-order valence-corrected chi connectivity index (χ0v) is 23.0. The molecule has 0 saturated heterocycles. The Kier molecular flexibility index (Phi) is 8.74. The van der Waals surface area contributed by atoms with Crippen LogP contribution in [0.2, 0.25) is 5.02 Å². The topological polar surface area (TPSA) is 62.0 Å². The molecule has 1 atom stereocenters. The lowest BCUT2D eigenvalue weighted by Crippen LogP contribution is -2.23. The summed E-state index contributed by atoms with van der Waals surface area (Å²) in [5.74, 6) is 0.543. The molecule has 3 rings (SSSR count). The van der Waals surface area contributed by atoms with Gasteiger partial charge in [0.15, 0.2) is 0 Å². The van der Waals surface area contributed by atoms with E-state index in [1.165, 1.54) is 18.6 Å². The highest BCUT2D eigenvalue weighted by molar-refractivity contribution is 7.79. The van der Waals surface area contributed by atoms with Crippen LogP contribution in [0.15, 0.2) is 59.7 Å². The molecule has 0 aliphatic rings. The number of thiocarbonyl (C=S) groups is 1. The van der Waals surface area contributed by atoms with Crippen LogP contribution < -0.4 is 14.1 Å². The van der Waals surface area contributed by atoms with Gasteiger partial charge in [0.1, 0.15) is 22.3 Å². The van der Waals surface area contributed by atoms with Crippen LogP contribution in [0.4, 0.5) is 0 Å². The highest BCUT2D eigenvalue weighted by Crippen LogP contribution is 2.29. The average molecular weight is 533 g/mol. The zero-order chi connectivity index (χ0) is 25.8. The van der Waals surface area contributed by atoms with Gasteiger partial charge in [0.2, 0.25) is 0 Å². The first-order chi connectivity index (χ1) is 16.5. The van der Waals surface area contributed by atoms with Gasteiger partial charge < -0.3 is 14.2 Å². The summed E-state index contributed by atoms with van der Waals surface area (Å²) in [7, 11) is 1.50. The van der Waals surface area contributed by atoms with Gasteiger partial charge in [-0.3, -0.25) is 8.75 Å². The van der Waals surface area contributed by atoms with Crippen molar-refractivity contribution in [3.8, 4) is 11.5 Å². The van der Waals surface area contributed by atoms with Crippen LogP contribution in [0.5, 0.6) is 11.5 Å². The predicted molar refractivity (Wildman–Crippen MR) is 144 cm³/mol. The number of ether oxygens (including phenoxy) is 3. The normalized spacial score (nSPS) is 13.0. The number of carbonyl (C=O) groups is 1. The fourth-order valence-electron chi connectivity index (χ4n) is 3.24. The van der Waals surface area contributed by atoms with Crippen molar-refractivity contribution in [1.29, 1.82) is 0 Å². The fourth-order valence-corrected chi connectivity index (χ4v) is 4.63. The van der Waals surface area contributed by atoms with Gasteiger partial charge in [0, 0.05) is 34.5 Å². The second-order valence-electron chi connectivity index (χ2n) is 9.19. The molecule has 1 aromatic heterocycles. The molecule has 0 fully saturated rings. The van der Waals surface area contributed by atoms with E-state index in [9.17, 15) is 4.79 Å². The van der Waals surface area contributed by atoms with Crippen LogP contribution in [0.3, 0.4) is 0 Å². The average Bonchev–Trinajstić information content (AvgIpc) is 3.21. The minimum Gasteiger partial charge on any atom is -0.496 e. The molecule has 0 bridgehead atoms. The Bertz CT molecular complexity index is 1260. The number of nitrogens with zero attached hydrogens (tertiary/aromatic N) is 2. The highest BCUT2D eigenvalue weighted by Gasteiger charge is 2.27. The van der Waals surface area contributed by atoms with Crippen LogP contribution in [0, 0.1) is 5.92 Å².